The average Bonchev–Trinajstić information content (AvgIpc) is 0.918. The first kappa shape index (κ1) is 93.5. The van der Waals surface area contributed by atoms with E-state index in [1.807, 2.05) is 0 Å². The maximum atomic E-state index is 7.13. The largest absolute Gasteiger partial charge is 3.00 e. The van der Waals surface area contributed by atoms with Gasteiger partial charge in [0.1, 0.15) is 0 Å². The average molecular weight is 154 g/mol. The number of quaternary nitrogens is 1. The molecule has 5 nitrogen and oxygen atoms in total. The molecule has 7 N–H and O–H groups in total. The number of hydrogen-bond donors (Lipinski definition) is 1. The Kier molecular flexibility index (Phi) is 2610. The maximum Gasteiger partial charge on any atom is 3.00 e. The van der Waals surface area contributed by atoms with E-state index in [0.717, 1.165) is 0 Å². The summed E-state index contributed by atoms with van der Waals surface area (Å²) in [5.74, 6) is 0. The summed E-state index contributed by atoms with van der Waals surface area (Å²) in [6.45, 7) is 0. The van der Waals surface area contributed by atoms with Crippen molar-refractivity contribution < 1.29 is 16.4 Å². The van der Waals surface area contributed by atoms with Gasteiger partial charge in [-0.1, -0.05) is 5.40 Å². The second-order valence-electron chi connectivity index (χ2n) is 0.0913. The zero-order valence-electron chi connectivity index (χ0n) is 4.27. The minimum atomic E-state index is 0. The molecule has 0 saturated carbocycles. The molecule has 0 radical (unpaired) electrons. The molecule has 0 aliphatic carbocycles. The van der Waals surface area contributed by atoms with Crippen molar-refractivity contribution in [1.29, 1.82) is 5.26 Å². The molecule has 0 heterocycles. The molecule has 0 atom stereocenters. The molecule has 0 aliphatic heterocycles. The molecule has 0 rings (SSSR count). The van der Waals surface area contributed by atoms with Crippen molar-refractivity contribution in [3.8, 4) is 5.40 Å². The summed E-state index contributed by atoms with van der Waals surface area (Å²) >= 11 is 3.70. The van der Waals surface area contributed by atoms with Gasteiger partial charge in [-0.15, -0.1) is 0 Å². The van der Waals surface area contributed by atoms with Gasteiger partial charge in [0.05, 0.1) is 0 Å². The molecule has 0 amide bonds. The van der Waals surface area contributed by atoms with Crippen LogP contribution in [0.25, 0.3) is 0 Å². The third kappa shape index (κ3) is 23100. The van der Waals surface area contributed by atoms with E-state index < -0.39 is 0 Å². The Hall–Kier alpha value is 0.0825. The summed E-state index contributed by atoms with van der Waals surface area (Å²) in [5, 5.41) is 8.47. The molecule has 0 aromatic rings. The maximum absolute atomic E-state index is 7.13. The number of nitriles is 1. The monoisotopic (exact) mass is 154 g/mol. The van der Waals surface area contributed by atoms with E-state index in [1.54, 1.807) is 0 Å². The van der Waals surface area contributed by atoms with Crippen LogP contribution < -0.4 is 6.15 Å². The smallest absolute Gasteiger partial charge is 0.870 e. The first-order valence-electron chi connectivity index (χ1n) is 0.428. The van der Waals surface area contributed by atoms with Crippen LogP contribution in [0.2, 0.25) is 0 Å². The van der Waals surface area contributed by atoms with Crippen LogP contribution >= 0.6 is 0 Å². The van der Waals surface area contributed by atoms with Gasteiger partial charge < -0.3 is 35.2 Å². The molecule has 8 heavy (non-hydrogen) atoms. The molecule has 0 aromatic carbocycles. The van der Waals surface area contributed by atoms with Gasteiger partial charge in [0, 0.05) is 0 Å². The van der Waals surface area contributed by atoms with Gasteiger partial charge in [0.25, 0.3) is 0 Å². The zero-order chi connectivity index (χ0) is 2.71. The summed E-state index contributed by atoms with van der Waals surface area (Å²) < 4.78 is 0. The van der Waals surface area contributed by atoms with Crippen LogP contribution in [0.4, 0.5) is 0 Å². The molecule has 0 bridgehead atoms. The minimum absolute atomic E-state index is 0. The van der Waals surface area contributed by atoms with E-state index in [2.05, 4.69) is 12.6 Å². The number of hydrogen-bond acceptors (Lipinski definition) is 5. The molecule has 0 aliphatic rings. The van der Waals surface area contributed by atoms with Gasteiger partial charge in [-0.3, -0.25) is 0 Å². The summed E-state index contributed by atoms with van der Waals surface area (Å²) in [6, 6.07) is 0. The van der Waals surface area contributed by atoms with E-state index in [0.29, 0.717) is 0 Å². The number of thiocyanates is 1. The normalized spacial score (nSPS) is 0.875. The quantitative estimate of drug-likeness (QED) is 0.282. The third-order valence-corrected chi connectivity index (χ3v) is 0. The van der Waals surface area contributed by atoms with Crippen molar-refractivity contribution in [3.63, 3.8) is 0 Å². The van der Waals surface area contributed by atoms with E-state index in [4.69, 9.17) is 5.26 Å². The zero-order valence-corrected chi connectivity index (χ0v) is 6.25. The Morgan fingerprint density at radius 1 is 1.12 bits per heavy atom. The van der Waals surface area contributed by atoms with Crippen LogP contribution in [0, 0.1) is 10.7 Å². The van der Waals surface area contributed by atoms with E-state index >= 15 is 0 Å². The Morgan fingerprint density at radius 3 is 1.12 bits per heavy atom. The fourth-order valence-corrected chi connectivity index (χ4v) is 0. The number of nitrogens with zero attached hydrogens (tertiary/aromatic N) is 1. The molecule has 0 fully saturated rings. The predicted octanol–water partition coefficient (Wildman–Crippen LogP) is -0.521. The fourth-order valence-electron chi connectivity index (χ4n) is 0. The van der Waals surface area contributed by atoms with Gasteiger partial charge in [0.15, 0.2) is 0 Å². The van der Waals surface area contributed by atoms with Crippen molar-refractivity contribution in [2.24, 2.45) is 0 Å². The first-order chi connectivity index (χ1) is 1.41. The molecular weight excluding hydrogens is 147 g/mol. The molecule has 48 valence electrons. The second-order valence-corrected chi connectivity index (χ2v) is 0.274. The van der Waals surface area contributed by atoms with Crippen LogP contribution in [0.3, 0.4) is 0 Å². The minimum Gasteiger partial charge on any atom is -0.870 e. The van der Waals surface area contributed by atoms with Gasteiger partial charge >= 0.3 is 17.4 Å². The van der Waals surface area contributed by atoms with Gasteiger partial charge in [-0.2, -0.15) is 0 Å². The Balaban J connectivity index is -0.00000000200. The van der Waals surface area contributed by atoms with Crippen LogP contribution in [0.15, 0.2) is 0 Å². The van der Waals surface area contributed by atoms with Crippen molar-refractivity contribution >= 4 is 30.0 Å². The standard InChI is InChI=1S/CHNS.Al.H3N.3H2O/c2-1-3;;;;;/h3H;;1H3;3*1H2/q;+3;;;;/p-3. The van der Waals surface area contributed by atoms with Crippen molar-refractivity contribution in [2.45, 2.75) is 0 Å². The van der Waals surface area contributed by atoms with Gasteiger partial charge in [-0.05, 0) is 0 Å². The van der Waals surface area contributed by atoms with Gasteiger partial charge in [-0.25, -0.2) is 5.26 Å². The third-order valence-electron chi connectivity index (χ3n) is 0. The van der Waals surface area contributed by atoms with Crippen LogP contribution in [-0.2, 0) is 12.6 Å². The van der Waals surface area contributed by atoms with E-state index in [9.17, 15) is 0 Å². The molecule has 0 unspecified atom stereocenters. The van der Waals surface area contributed by atoms with Crippen LogP contribution in [-0.4, -0.2) is 33.8 Å². The van der Waals surface area contributed by atoms with Crippen molar-refractivity contribution in [1.82, 2.24) is 6.15 Å². The SMILES string of the molecule is N#C[S-].[Al+3].[NH4+].[OH-].[OH-].[OH-]. The first-order valence-corrected chi connectivity index (χ1v) is 0.836. The summed E-state index contributed by atoms with van der Waals surface area (Å²) in [7, 11) is 0. The molecular formula is CH7AlN2O3S. The van der Waals surface area contributed by atoms with Crippen LogP contribution in [0.5, 0.6) is 0 Å². The summed E-state index contributed by atoms with van der Waals surface area (Å²) in [6.07, 6.45) is 0. The summed E-state index contributed by atoms with van der Waals surface area (Å²) in [4.78, 5) is 0. The molecule has 7 heteroatoms. The fraction of sp³-hybridized carbons (Fsp3) is 0. The van der Waals surface area contributed by atoms with E-state index in [1.165, 1.54) is 5.40 Å². The van der Waals surface area contributed by atoms with Crippen molar-refractivity contribution in [2.75, 3.05) is 0 Å². The predicted molar refractivity (Wildman–Crippen MR) is 30.5 cm³/mol. The topological polar surface area (TPSA) is 150 Å². The van der Waals surface area contributed by atoms with Crippen molar-refractivity contribution in [3.05, 3.63) is 0 Å². The summed E-state index contributed by atoms with van der Waals surface area (Å²) in [5.41, 5.74) is 0. The molecule has 0 aromatic heterocycles. The second kappa shape index (κ2) is 224. The van der Waals surface area contributed by atoms with E-state index in [-0.39, 0.29) is 39.9 Å². The van der Waals surface area contributed by atoms with Crippen LogP contribution in [0.1, 0.15) is 0 Å². The Morgan fingerprint density at radius 2 is 1.12 bits per heavy atom. The Bertz CT molecular complexity index is 38.8. The Labute approximate surface area is 63.7 Å². The molecule has 0 saturated heterocycles. The number of rotatable bonds is 0. The molecule has 0 spiro atoms. The van der Waals surface area contributed by atoms with Gasteiger partial charge in [0.2, 0.25) is 0 Å².